The van der Waals surface area contributed by atoms with E-state index >= 15 is 0 Å². The van der Waals surface area contributed by atoms with Crippen LogP contribution >= 0.6 is 47.3 Å². The normalized spacial score (nSPS) is 21.7. The van der Waals surface area contributed by atoms with Gasteiger partial charge in [0.2, 0.25) is 11.4 Å². The van der Waals surface area contributed by atoms with Crippen molar-refractivity contribution in [3.8, 4) is 0 Å². The maximum atomic E-state index is 12.4. The Balaban J connectivity index is 0.000000184. The van der Waals surface area contributed by atoms with Crippen LogP contribution in [0.15, 0.2) is 156 Å². The van der Waals surface area contributed by atoms with Crippen molar-refractivity contribution >= 4 is 190 Å². The number of benzene rings is 4. The molecule has 11 nitrogen and oxygen atoms in total. The number of aryl methyl sites for hydroxylation is 2. The molecular formula is C76H90BBr3N4O7S10+2. The Kier molecular flexibility index (Phi) is 27.9. The molecule has 0 aromatic heterocycles. The summed E-state index contributed by atoms with van der Waals surface area (Å²) in [5.41, 5.74) is 23.0. The fraction of sp³-hybridized carbons (Fsp3) is 0.447. The molecule has 0 amide bonds. The number of carbonyl (C=O) groups is 2. The summed E-state index contributed by atoms with van der Waals surface area (Å²) in [5, 5.41) is 0. The van der Waals surface area contributed by atoms with Gasteiger partial charge in [0.1, 0.15) is 0 Å². The van der Waals surface area contributed by atoms with Crippen LogP contribution in [0.4, 0.5) is 22.7 Å². The largest absolute Gasteiger partial charge is 0.465 e. The third kappa shape index (κ3) is 17.8. The van der Waals surface area contributed by atoms with E-state index in [-0.39, 0.29) is 61.2 Å². The van der Waals surface area contributed by atoms with Gasteiger partial charge in [-0.1, -0.05) is 99.5 Å². The van der Waals surface area contributed by atoms with E-state index < -0.39 is 0 Å². The van der Waals surface area contributed by atoms with Gasteiger partial charge in [-0.05, 0) is 151 Å². The third-order valence-corrected chi connectivity index (χ3v) is 36.1. The van der Waals surface area contributed by atoms with E-state index in [1.165, 1.54) is 110 Å². The summed E-state index contributed by atoms with van der Waals surface area (Å²) in [6.07, 6.45) is 25.3. The van der Waals surface area contributed by atoms with Crippen LogP contribution in [0.3, 0.4) is 0 Å². The van der Waals surface area contributed by atoms with Gasteiger partial charge in [0.05, 0.1) is 61.4 Å². The maximum Gasteiger partial charge on any atom is 0.369 e. The molecular weight excluding hydrogens is 1650 g/mol. The van der Waals surface area contributed by atoms with Gasteiger partial charge in [0.25, 0.3) is 0 Å². The molecule has 0 saturated carbocycles. The molecule has 1 aliphatic carbocycles. The zero-order valence-corrected chi connectivity index (χ0v) is 72.7. The van der Waals surface area contributed by atoms with Gasteiger partial charge in [0.15, 0.2) is 36.6 Å². The van der Waals surface area contributed by atoms with Gasteiger partial charge in [-0.3, -0.25) is 4.79 Å². The van der Waals surface area contributed by atoms with Crippen LogP contribution in [0.2, 0.25) is 0 Å². The smallest absolute Gasteiger partial charge is 0.369 e. The Morgan fingerprint density at radius 2 is 1.36 bits per heavy atom. The van der Waals surface area contributed by atoms with E-state index in [9.17, 15) is 9.59 Å². The molecule has 538 valence electrons. The van der Waals surface area contributed by atoms with Crippen molar-refractivity contribution in [1.82, 2.24) is 0 Å². The summed E-state index contributed by atoms with van der Waals surface area (Å²) in [4.78, 5) is 29.7. The number of anilines is 2. The summed E-state index contributed by atoms with van der Waals surface area (Å²) < 4.78 is 34.0. The Morgan fingerprint density at radius 1 is 0.733 bits per heavy atom. The first-order chi connectivity index (χ1) is 48.2. The summed E-state index contributed by atoms with van der Waals surface area (Å²) in [6.45, 7) is 31.5. The first-order valence-corrected chi connectivity index (χ1v) is 48.7. The third-order valence-electron chi connectivity index (χ3n) is 20.6. The van der Waals surface area contributed by atoms with Crippen molar-refractivity contribution in [3.63, 3.8) is 0 Å². The highest BCUT2D eigenvalue weighted by atomic mass is 79.9. The summed E-state index contributed by atoms with van der Waals surface area (Å²) in [6, 6.07) is 25.9. The lowest BCUT2D eigenvalue weighted by molar-refractivity contribution is -0.445. The minimum Gasteiger partial charge on any atom is -0.465 e. The topological polar surface area (TPSA) is 92.8 Å². The predicted octanol–water partition coefficient (Wildman–Crippen LogP) is 16.9. The van der Waals surface area contributed by atoms with Crippen molar-refractivity contribution < 1.29 is 42.4 Å². The lowest BCUT2D eigenvalue weighted by Gasteiger charge is -2.44. The highest BCUT2D eigenvalue weighted by Crippen LogP contribution is 2.56. The Hall–Kier alpha value is -3.32. The molecule has 101 heavy (non-hydrogen) atoms. The van der Waals surface area contributed by atoms with Gasteiger partial charge in [-0.25, -0.2) is 4.79 Å². The molecule has 0 N–H and O–H groups in total. The Labute approximate surface area is 656 Å². The minimum absolute atomic E-state index is 0.00957. The number of halogens is 3. The van der Waals surface area contributed by atoms with Gasteiger partial charge in [-0.15, -0.1) is 47.3 Å². The van der Waals surface area contributed by atoms with E-state index in [0.717, 1.165) is 74.4 Å². The summed E-state index contributed by atoms with van der Waals surface area (Å²) in [7, 11) is 15.8. The second kappa shape index (κ2) is 35.2. The van der Waals surface area contributed by atoms with Gasteiger partial charge < -0.3 is 33.5 Å². The lowest BCUT2D eigenvalue weighted by Crippen LogP contribution is -2.46. The Bertz CT molecular complexity index is 4570. The van der Waals surface area contributed by atoms with Gasteiger partial charge in [0, 0.05) is 194 Å². The minimum atomic E-state index is -0.329. The number of allylic oxidation sites excluding steroid dienone is 9. The van der Waals surface area contributed by atoms with Crippen LogP contribution < -0.4 is 9.80 Å². The highest BCUT2D eigenvalue weighted by molar-refractivity contribution is 9.69. The van der Waals surface area contributed by atoms with E-state index in [4.69, 9.17) is 23.7 Å². The second-order valence-electron chi connectivity index (χ2n) is 28.3. The number of hydrogen-bond donors (Lipinski definition) is 0. The van der Waals surface area contributed by atoms with Crippen molar-refractivity contribution in [1.29, 1.82) is 0 Å². The summed E-state index contributed by atoms with van der Waals surface area (Å²) >= 11 is 18.6. The quantitative estimate of drug-likeness (QED) is 0.0320. The van der Waals surface area contributed by atoms with E-state index in [0.29, 0.717) is 24.7 Å². The number of fused-ring (bicyclic) bond motifs is 11. The number of ether oxygens (including phenoxy) is 5. The second-order valence-corrected chi connectivity index (χ2v) is 48.9. The average Bonchev–Trinajstić information content (AvgIpc) is 1.59. The molecule has 0 spiro atoms. The van der Waals surface area contributed by atoms with Crippen LogP contribution in [0.5, 0.6) is 0 Å². The molecule has 0 radical (unpaired) electrons. The molecule has 8 aliphatic heterocycles. The molecule has 9 aliphatic rings. The number of hydrogen-bond acceptors (Lipinski definition) is 11. The molecule has 2 unspecified atom stereocenters. The van der Waals surface area contributed by atoms with E-state index in [1.54, 1.807) is 67.3 Å². The van der Waals surface area contributed by atoms with Crippen molar-refractivity contribution in [2.45, 2.75) is 161 Å². The number of carbonyl (C=O) groups excluding carboxylic acids is 2. The standard InChI is InChI=1S/C40H51N2O5.C36H39N2O2.BBr3.S10/c1-28-17-19-33-31(26-28)39(3,4)35(41(33)22-13-12-14-29(2)44-7)15-10-9-11-16-36-40(5,6)32-27-30(38(43)45-8)18-20-34(32)42(36)23-21-37-46-24-25-47-37;1-20-7-9-29-27(15-20)35(3,4)33-25-16-24-17-26-31(40-32(24)19-23(25)11-13-37(29)33)12-14-38-30-10-8-22(21(2)39)18-28(30)36(5,6)34(26)38;2-1(3)4;1-3-5-7-9-10-8-6-4-2/h9-12,14-20,26-27,29,37H,13,21-25H2,1-8H3;7-10,15-18,23,31-32H,11-14,19H2,1-6H3;;/q2*+1;;/b14-12+;;;/t;23-,31?,32+;;/m.1../s1. The SMILES string of the molecule is BrB(Br)Br.CC(=O)c1ccc2c(c1)C(C)(C)C1=[N+]2CCC2O[C@H]3C[C@H]4CCN5C(=C4C=C3C=C12)C(C)(C)c1cc(C)ccc15.COC(=O)c1ccc2c(c1)C(C)(C)C(/C=C/C=C/C=C1/N(CC/C=C/C(C)OC)c3ccc(C)cc3C1(C)C)=[N+]2CCC1OCCO1.S=S=S=S=S=S=S=S=S=S. The Morgan fingerprint density at radius 3 is 2.01 bits per heavy atom. The number of methoxy groups -OCH3 is 2. The van der Waals surface area contributed by atoms with Crippen molar-refractivity contribution in [2.75, 3.05) is 63.4 Å². The fourth-order valence-electron chi connectivity index (χ4n) is 15.8. The number of rotatable bonds is 13. The number of Topliss-reactive ketones (excluding diaryl/α,β-unsaturated/α-hetero) is 1. The highest BCUT2D eigenvalue weighted by Gasteiger charge is 2.54. The van der Waals surface area contributed by atoms with Crippen molar-refractivity contribution in [2.24, 2.45) is 5.92 Å². The van der Waals surface area contributed by atoms with E-state index in [1.807, 2.05) is 24.3 Å². The number of nitrogens with zero attached hydrogens (tertiary/aromatic N) is 4. The first kappa shape index (κ1) is 80.2. The van der Waals surface area contributed by atoms with Gasteiger partial charge >= 0.3 is 9.15 Å². The van der Waals surface area contributed by atoms with E-state index in [2.05, 4.69) is 268 Å². The van der Waals surface area contributed by atoms with Crippen LogP contribution in [0.25, 0.3) is 0 Å². The van der Waals surface area contributed by atoms with Crippen molar-refractivity contribution in [3.05, 3.63) is 200 Å². The zero-order chi connectivity index (χ0) is 72.7. The molecule has 13 rings (SSSR count). The number of esters is 1. The molecule has 4 aromatic rings. The number of ketones is 1. The summed E-state index contributed by atoms with van der Waals surface area (Å²) in [5.74, 6) is 0.346. The molecule has 4 atom stereocenters. The first-order valence-electron chi connectivity index (χ1n) is 34.0. The molecule has 25 heteroatoms. The lowest BCUT2D eigenvalue weighted by atomic mass is 9.71. The monoisotopic (exact) mass is 1740 g/mol. The molecule has 1 saturated heterocycles. The van der Waals surface area contributed by atoms with Gasteiger partial charge in [-0.2, -0.15) is 9.15 Å². The molecule has 0 bridgehead atoms. The predicted molar refractivity (Wildman–Crippen MR) is 455 cm³/mol. The average molecular weight is 1740 g/mol. The zero-order valence-electron chi connectivity index (χ0n) is 59.7. The van der Waals surface area contributed by atoms with Crippen LogP contribution in [-0.4, -0.2) is 114 Å². The molecule has 4 aromatic carbocycles. The maximum absolute atomic E-state index is 12.4. The van der Waals surface area contributed by atoms with Crippen LogP contribution in [0.1, 0.15) is 155 Å². The molecule has 1 fully saturated rings. The van der Waals surface area contributed by atoms with Crippen LogP contribution in [0, 0.1) is 19.8 Å². The molecule has 8 heterocycles. The van der Waals surface area contributed by atoms with Crippen LogP contribution in [-0.2, 0) is 139 Å². The fourth-order valence-corrected chi connectivity index (χ4v) is 32.2.